The number of carbonyl (C=O) groups excluding carboxylic acids is 1. The second-order valence-corrected chi connectivity index (χ2v) is 4.78. The van der Waals surface area contributed by atoms with Crippen LogP contribution in [0.3, 0.4) is 0 Å². The van der Waals surface area contributed by atoms with E-state index in [-0.39, 0.29) is 5.52 Å². The number of ether oxygens (including phenoxy) is 1. The first kappa shape index (κ1) is 14.9. The van der Waals surface area contributed by atoms with E-state index in [9.17, 15) is 9.18 Å². The van der Waals surface area contributed by atoms with E-state index in [1.807, 2.05) is 0 Å². The van der Waals surface area contributed by atoms with E-state index in [4.69, 9.17) is 4.74 Å². The number of carbonyl (C=O) groups is 1. The number of benzene rings is 2. The second-order valence-electron chi connectivity index (χ2n) is 4.78. The molecule has 1 N–H and O–H groups in total. The van der Waals surface area contributed by atoms with Crippen LogP contribution >= 0.6 is 0 Å². The Morgan fingerprint density at radius 1 is 1.22 bits per heavy atom. The number of nitrogens with one attached hydrogen (secondary N) is 1. The van der Waals surface area contributed by atoms with Crippen LogP contribution in [0.25, 0.3) is 10.9 Å². The molecule has 0 atom stereocenters. The molecule has 1 heterocycles. The van der Waals surface area contributed by atoms with Crippen molar-refractivity contribution in [3.05, 3.63) is 60.2 Å². The zero-order valence-electron chi connectivity index (χ0n) is 12.4. The standard InChI is InChI=1S/C17H14FN3O2/c1-2-23-17(22)11-5-3-6-12(9-11)21-16-13-7-4-8-14(18)15(13)19-10-20-16/h3-10H,2H2,1H3,(H,19,20,21). The predicted octanol–water partition coefficient (Wildman–Crippen LogP) is 3.69. The van der Waals surface area contributed by atoms with Crippen molar-refractivity contribution in [1.29, 1.82) is 0 Å². The number of hydrogen-bond acceptors (Lipinski definition) is 5. The summed E-state index contributed by atoms with van der Waals surface area (Å²) in [7, 11) is 0. The largest absolute Gasteiger partial charge is 0.462 e. The summed E-state index contributed by atoms with van der Waals surface area (Å²) < 4.78 is 18.8. The Kier molecular flexibility index (Phi) is 4.14. The molecule has 116 valence electrons. The molecule has 0 amide bonds. The summed E-state index contributed by atoms with van der Waals surface area (Å²) in [5.41, 5.74) is 1.33. The quantitative estimate of drug-likeness (QED) is 0.744. The van der Waals surface area contributed by atoms with E-state index >= 15 is 0 Å². The van der Waals surface area contributed by atoms with Gasteiger partial charge in [-0.2, -0.15) is 0 Å². The van der Waals surface area contributed by atoms with E-state index in [0.717, 1.165) is 0 Å². The van der Waals surface area contributed by atoms with Crippen LogP contribution in [-0.2, 0) is 4.74 Å². The third kappa shape index (κ3) is 3.11. The maximum absolute atomic E-state index is 13.8. The van der Waals surface area contributed by atoms with Gasteiger partial charge in [-0.15, -0.1) is 0 Å². The molecule has 23 heavy (non-hydrogen) atoms. The molecule has 3 rings (SSSR count). The molecule has 6 heteroatoms. The molecule has 0 radical (unpaired) electrons. The Morgan fingerprint density at radius 3 is 2.87 bits per heavy atom. The molecule has 2 aromatic carbocycles. The molecular formula is C17H14FN3O2. The number of para-hydroxylation sites is 1. The van der Waals surface area contributed by atoms with Gasteiger partial charge in [-0.25, -0.2) is 19.2 Å². The van der Waals surface area contributed by atoms with Gasteiger partial charge in [0.25, 0.3) is 0 Å². The number of nitrogens with zero attached hydrogens (tertiary/aromatic N) is 2. The monoisotopic (exact) mass is 311 g/mol. The lowest BCUT2D eigenvalue weighted by molar-refractivity contribution is 0.0526. The van der Waals surface area contributed by atoms with E-state index in [1.165, 1.54) is 12.4 Å². The normalized spacial score (nSPS) is 10.5. The summed E-state index contributed by atoms with van der Waals surface area (Å²) >= 11 is 0. The summed E-state index contributed by atoms with van der Waals surface area (Å²) in [5.74, 6) is -0.335. The molecule has 0 spiro atoms. The van der Waals surface area contributed by atoms with Crippen molar-refractivity contribution in [1.82, 2.24) is 9.97 Å². The van der Waals surface area contributed by atoms with Crippen LogP contribution in [0.5, 0.6) is 0 Å². The first-order valence-electron chi connectivity index (χ1n) is 7.12. The minimum Gasteiger partial charge on any atom is -0.462 e. The van der Waals surface area contributed by atoms with Crippen LogP contribution in [-0.4, -0.2) is 22.5 Å². The first-order chi connectivity index (χ1) is 11.2. The van der Waals surface area contributed by atoms with Gasteiger partial charge < -0.3 is 10.1 Å². The minimum absolute atomic E-state index is 0.242. The van der Waals surface area contributed by atoms with Crippen molar-refractivity contribution in [3.8, 4) is 0 Å². The van der Waals surface area contributed by atoms with E-state index in [2.05, 4.69) is 15.3 Å². The molecule has 0 fully saturated rings. The number of aromatic nitrogens is 2. The SMILES string of the molecule is CCOC(=O)c1cccc(Nc2ncnc3c(F)cccc23)c1. The topological polar surface area (TPSA) is 64.1 Å². The Morgan fingerprint density at radius 2 is 2.04 bits per heavy atom. The molecule has 0 aliphatic heterocycles. The molecule has 0 saturated carbocycles. The first-order valence-corrected chi connectivity index (χ1v) is 7.12. The fourth-order valence-electron chi connectivity index (χ4n) is 2.23. The van der Waals surface area contributed by atoms with Crippen molar-refractivity contribution >= 4 is 28.4 Å². The molecule has 1 aromatic heterocycles. The number of halogens is 1. The van der Waals surface area contributed by atoms with Gasteiger partial charge in [-0.1, -0.05) is 12.1 Å². The fraction of sp³-hybridized carbons (Fsp3) is 0.118. The van der Waals surface area contributed by atoms with Crippen molar-refractivity contribution in [2.75, 3.05) is 11.9 Å². The smallest absolute Gasteiger partial charge is 0.338 e. The molecule has 3 aromatic rings. The van der Waals surface area contributed by atoms with Crippen LogP contribution in [0.15, 0.2) is 48.8 Å². The van der Waals surface area contributed by atoms with Crippen molar-refractivity contribution in [3.63, 3.8) is 0 Å². The highest BCUT2D eigenvalue weighted by molar-refractivity contribution is 5.93. The zero-order chi connectivity index (χ0) is 16.2. The van der Waals surface area contributed by atoms with Gasteiger partial charge in [0, 0.05) is 11.1 Å². The Labute approximate surface area is 132 Å². The molecule has 0 saturated heterocycles. The number of esters is 1. The van der Waals surface area contributed by atoms with Gasteiger partial charge in [0.15, 0.2) is 0 Å². The molecule has 0 aliphatic rings. The Balaban J connectivity index is 1.95. The Hall–Kier alpha value is -3.02. The summed E-state index contributed by atoms with van der Waals surface area (Å²) in [6, 6.07) is 11.5. The minimum atomic E-state index is -0.409. The number of rotatable bonds is 4. The summed E-state index contributed by atoms with van der Waals surface area (Å²) in [5, 5.41) is 3.65. The van der Waals surface area contributed by atoms with Crippen LogP contribution in [0.2, 0.25) is 0 Å². The predicted molar refractivity (Wildman–Crippen MR) is 85.2 cm³/mol. The molecule has 0 bridgehead atoms. The van der Waals surface area contributed by atoms with Gasteiger partial charge in [-0.05, 0) is 37.3 Å². The average molecular weight is 311 g/mol. The van der Waals surface area contributed by atoms with Gasteiger partial charge in [0.05, 0.1) is 12.2 Å². The maximum atomic E-state index is 13.8. The van der Waals surface area contributed by atoms with E-state index in [1.54, 1.807) is 43.3 Å². The summed E-state index contributed by atoms with van der Waals surface area (Å²) in [6.07, 6.45) is 1.29. The fourth-order valence-corrected chi connectivity index (χ4v) is 2.23. The van der Waals surface area contributed by atoms with Crippen LogP contribution in [0.4, 0.5) is 15.9 Å². The van der Waals surface area contributed by atoms with Crippen LogP contribution in [0.1, 0.15) is 17.3 Å². The molecule has 0 unspecified atom stereocenters. The van der Waals surface area contributed by atoms with Gasteiger partial charge >= 0.3 is 5.97 Å². The highest BCUT2D eigenvalue weighted by atomic mass is 19.1. The number of hydrogen-bond donors (Lipinski definition) is 1. The molecule has 5 nitrogen and oxygen atoms in total. The van der Waals surface area contributed by atoms with Gasteiger partial charge in [0.1, 0.15) is 23.5 Å². The van der Waals surface area contributed by atoms with Gasteiger partial charge in [0.2, 0.25) is 0 Å². The lowest BCUT2D eigenvalue weighted by atomic mass is 10.2. The lowest BCUT2D eigenvalue weighted by Gasteiger charge is -2.09. The van der Waals surface area contributed by atoms with E-state index < -0.39 is 11.8 Å². The average Bonchev–Trinajstić information content (AvgIpc) is 2.56. The highest BCUT2D eigenvalue weighted by Crippen LogP contribution is 2.24. The molecular weight excluding hydrogens is 297 g/mol. The van der Waals surface area contributed by atoms with Crippen molar-refractivity contribution < 1.29 is 13.9 Å². The number of anilines is 2. The Bertz CT molecular complexity index is 867. The maximum Gasteiger partial charge on any atom is 0.338 e. The number of fused-ring (bicyclic) bond motifs is 1. The molecule has 0 aliphatic carbocycles. The summed E-state index contributed by atoms with van der Waals surface area (Å²) in [6.45, 7) is 2.06. The van der Waals surface area contributed by atoms with Crippen molar-refractivity contribution in [2.24, 2.45) is 0 Å². The lowest BCUT2D eigenvalue weighted by Crippen LogP contribution is -2.05. The highest BCUT2D eigenvalue weighted by Gasteiger charge is 2.10. The zero-order valence-corrected chi connectivity index (χ0v) is 12.4. The van der Waals surface area contributed by atoms with E-state index in [0.29, 0.717) is 29.1 Å². The van der Waals surface area contributed by atoms with Crippen molar-refractivity contribution in [2.45, 2.75) is 6.92 Å². The third-order valence-corrected chi connectivity index (χ3v) is 3.25. The summed E-state index contributed by atoms with van der Waals surface area (Å²) in [4.78, 5) is 19.9. The second kappa shape index (κ2) is 6.39. The third-order valence-electron chi connectivity index (χ3n) is 3.25. The van der Waals surface area contributed by atoms with Crippen LogP contribution in [0, 0.1) is 5.82 Å². The van der Waals surface area contributed by atoms with Crippen LogP contribution < -0.4 is 5.32 Å². The van der Waals surface area contributed by atoms with Gasteiger partial charge in [-0.3, -0.25) is 0 Å².